The van der Waals surface area contributed by atoms with Crippen LogP contribution >= 0.6 is 11.6 Å². The summed E-state index contributed by atoms with van der Waals surface area (Å²) in [6, 6.07) is 11.9. The first kappa shape index (κ1) is 41.0. The SMILES string of the molecule is CC(=O)CCN1CCN2CCN(C[C@@]3(O)CCC[C@H](C)[C@@H](C)S(=O)(=O)NC(=O)c4ccc5c(c4)N(C[C@@H]4CC[C@H]43)C[C@@]3(CCCc4cc(Cl)ccc43)CO5)C[C@H]2C1. The van der Waals surface area contributed by atoms with Crippen molar-refractivity contribution in [3.8, 4) is 5.75 Å². The zero-order valence-electron chi connectivity index (χ0n) is 34.1. The first-order valence-electron chi connectivity index (χ1n) is 21.5. The number of aliphatic hydroxyl groups is 1. The van der Waals surface area contributed by atoms with Gasteiger partial charge in [0.15, 0.2) is 0 Å². The molecule has 312 valence electrons. The molecule has 8 rings (SSSR count). The average Bonchev–Trinajstić information content (AvgIpc) is 3.31. The van der Waals surface area contributed by atoms with Crippen LogP contribution in [0.2, 0.25) is 5.02 Å². The first-order valence-corrected chi connectivity index (χ1v) is 23.4. The number of ether oxygens (including phenoxy) is 1. The van der Waals surface area contributed by atoms with Gasteiger partial charge in [0.1, 0.15) is 11.5 Å². The summed E-state index contributed by atoms with van der Waals surface area (Å²) in [5.41, 5.74) is 2.34. The van der Waals surface area contributed by atoms with E-state index in [-0.39, 0.29) is 34.5 Å². The average molecular weight is 825 g/mol. The lowest BCUT2D eigenvalue weighted by Crippen LogP contribution is -2.64. The third kappa shape index (κ3) is 8.51. The van der Waals surface area contributed by atoms with E-state index >= 15 is 0 Å². The Morgan fingerprint density at radius 1 is 0.982 bits per heavy atom. The molecule has 11 nitrogen and oxygen atoms in total. The Kier molecular flexibility index (Phi) is 11.8. The van der Waals surface area contributed by atoms with Gasteiger partial charge in [-0.05, 0) is 118 Å². The number of hydrogen-bond acceptors (Lipinski definition) is 10. The largest absolute Gasteiger partial charge is 0.490 e. The minimum atomic E-state index is -3.97. The predicted molar refractivity (Wildman–Crippen MR) is 224 cm³/mol. The van der Waals surface area contributed by atoms with E-state index in [1.54, 1.807) is 19.9 Å². The minimum Gasteiger partial charge on any atom is -0.490 e. The molecule has 1 saturated carbocycles. The van der Waals surface area contributed by atoms with Crippen molar-refractivity contribution >= 4 is 39.0 Å². The number of rotatable bonds is 5. The second kappa shape index (κ2) is 16.4. The maximum atomic E-state index is 13.7. The summed E-state index contributed by atoms with van der Waals surface area (Å²) in [5.74, 6) is 0.376. The number of piperazine rings is 2. The van der Waals surface area contributed by atoms with Crippen LogP contribution in [0.1, 0.15) is 93.6 Å². The van der Waals surface area contributed by atoms with E-state index < -0.39 is 26.8 Å². The number of fused-ring (bicyclic) bond motifs is 5. The number of halogens is 1. The Bertz CT molecular complexity index is 1950. The number of carbonyl (C=O) groups excluding carboxylic acids is 2. The highest BCUT2D eigenvalue weighted by atomic mass is 35.5. The topological polar surface area (TPSA) is 123 Å². The monoisotopic (exact) mass is 823 g/mol. The Morgan fingerprint density at radius 2 is 1.77 bits per heavy atom. The summed E-state index contributed by atoms with van der Waals surface area (Å²) in [5, 5.41) is 13.0. The van der Waals surface area contributed by atoms with Crippen LogP contribution in [0.3, 0.4) is 0 Å². The molecule has 2 aromatic carbocycles. The normalized spacial score (nSPS) is 33.8. The number of nitrogens with zero attached hydrogens (tertiary/aromatic N) is 4. The van der Waals surface area contributed by atoms with Crippen LogP contribution in [0.15, 0.2) is 36.4 Å². The van der Waals surface area contributed by atoms with Crippen LogP contribution in [0.4, 0.5) is 5.69 Å². The van der Waals surface area contributed by atoms with Crippen molar-refractivity contribution in [3.05, 3.63) is 58.1 Å². The zero-order chi connectivity index (χ0) is 40.1. The van der Waals surface area contributed by atoms with Gasteiger partial charge in [0.05, 0.1) is 23.1 Å². The van der Waals surface area contributed by atoms with E-state index in [1.165, 1.54) is 11.1 Å². The van der Waals surface area contributed by atoms with Gasteiger partial charge in [-0.2, -0.15) is 0 Å². The highest BCUT2D eigenvalue weighted by molar-refractivity contribution is 7.90. The van der Waals surface area contributed by atoms with Gasteiger partial charge in [-0.3, -0.25) is 19.4 Å². The number of ketones is 1. The van der Waals surface area contributed by atoms with Crippen molar-refractivity contribution in [3.63, 3.8) is 0 Å². The summed E-state index contributed by atoms with van der Waals surface area (Å²) >= 11 is 6.51. The summed E-state index contributed by atoms with van der Waals surface area (Å²) in [7, 11) is -3.97. The number of nitrogens with one attached hydrogen (secondary N) is 1. The van der Waals surface area contributed by atoms with Crippen molar-refractivity contribution in [1.82, 2.24) is 19.4 Å². The summed E-state index contributed by atoms with van der Waals surface area (Å²) in [6.07, 6.45) is 7.37. The van der Waals surface area contributed by atoms with Crippen molar-refractivity contribution in [2.75, 3.05) is 77.0 Å². The fourth-order valence-corrected chi connectivity index (χ4v) is 12.6. The molecule has 1 spiro atoms. The molecule has 1 amide bonds. The van der Waals surface area contributed by atoms with Crippen molar-refractivity contribution < 1.29 is 27.9 Å². The van der Waals surface area contributed by atoms with Crippen LogP contribution in [0.5, 0.6) is 5.75 Å². The number of amides is 1. The van der Waals surface area contributed by atoms with E-state index in [0.717, 1.165) is 88.6 Å². The molecular formula is C44H62ClN5O6S. The summed E-state index contributed by atoms with van der Waals surface area (Å²) < 4.78 is 36.4. The van der Waals surface area contributed by atoms with E-state index in [0.29, 0.717) is 63.7 Å². The molecule has 2 N–H and O–H groups in total. The Hall–Kier alpha value is -2.74. The van der Waals surface area contributed by atoms with Gasteiger partial charge < -0.3 is 19.6 Å². The number of sulfonamides is 1. The minimum absolute atomic E-state index is 0.0748. The van der Waals surface area contributed by atoms with E-state index in [9.17, 15) is 23.1 Å². The molecule has 7 atom stereocenters. The summed E-state index contributed by atoms with van der Waals surface area (Å²) in [4.78, 5) is 35.3. The lowest BCUT2D eigenvalue weighted by Gasteiger charge is -2.53. The van der Waals surface area contributed by atoms with Gasteiger partial charge >= 0.3 is 0 Å². The molecule has 57 heavy (non-hydrogen) atoms. The molecule has 2 aliphatic carbocycles. The van der Waals surface area contributed by atoms with Gasteiger partial charge in [-0.15, -0.1) is 0 Å². The zero-order valence-corrected chi connectivity index (χ0v) is 35.6. The second-order valence-corrected chi connectivity index (χ2v) is 21.0. The fraction of sp³-hybridized carbons (Fsp3) is 0.682. The quantitative estimate of drug-likeness (QED) is 0.421. The first-order chi connectivity index (χ1) is 27.2. The second-order valence-electron chi connectivity index (χ2n) is 18.6. The molecule has 2 saturated heterocycles. The maximum Gasteiger partial charge on any atom is 0.264 e. The third-order valence-electron chi connectivity index (χ3n) is 14.8. The van der Waals surface area contributed by atoms with Gasteiger partial charge in [0.2, 0.25) is 10.0 Å². The number of aryl methyl sites for hydroxylation is 1. The van der Waals surface area contributed by atoms with Crippen LogP contribution in [0, 0.1) is 17.8 Å². The van der Waals surface area contributed by atoms with E-state index in [4.69, 9.17) is 16.3 Å². The van der Waals surface area contributed by atoms with Crippen LogP contribution in [-0.4, -0.2) is 129 Å². The lowest BCUT2D eigenvalue weighted by atomic mass is 9.62. The molecule has 0 unspecified atom stereocenters. The van der Waals surface area contributed by atoms with Crippen LogP contribution in [0.25, 0.3) is 0 Å². The molecule has 4 heterocycles. The number of β-amino-alcohol motifs (C(OH)–C–C–N with tert-alkyl or cyclic N) is 1. The number of anilines is 1. The lowest BCUT2D eigenvalue weighted by molar-refractivity contribution is -0.119. The Balaban J connectivity index is 1.11. The Morgan fingerprint density at radius 3 is 2.54 bits per heavy atom. The van der Waals surface area contributed by atoms with Gasteiger partial charge in [0, 0.05) is 93.9 Å². The standard InChI is InChI=1S/C44H62ClN5O6S/c1-30-6-4-16-44(53,28-48-19-21-49-20-18-47(17-14-31(2)51)25-37(49)26-48)39-11-8-35(39)24-50-27-43(15-5-7-33-22-36(45)10-12-38(33)43)29-56-41-13-9-34(23-40(41)50)42(52)46-57(54,55)32(30)3/h9-10,12-13,22-23,30,32,35,37,39,53H,4-8,11,14-21,24-29H2,1-3H3,(H,46,52)/t30-,32+,35-,37+,39+,43-,44-/m0/s1. The molecule has 2 aromatic rings. The van der Waals surface area contributed by atoms with Crippen molar-refractivity contribution in [2.45, 2.75) is 101 Å². The molecule has 0 aromatic heterocycles. The highest BCUT2D eigenvalue weighted by Gasteiger charge is 2.50. The van der Waals surface area contributed by atoms with Crippen LogP contribution in [-0.2, 0) is 26.7 Å². The molecule has 4 aliphatic heterocycles. The number of benzene rings is 2. The van der Waals surface area contributed by atoms with E-state index in [2.05, 4.69) is 36.5 Å². The van der Waals surface area contributed by atoms with Crippen molar-refractivity contribution in [2.24, 2.45) is 17.8 Å². The third-order valence-corrected chi connectivity index (χ3v) is 16.9. The van der Waals surface area contributed by atoms with Crippen LogP contribution < -0.4 is 14.4 Å². The van der Waals surface area contributed by atoms with Gasteiger partial charge in [-0.25, -0.2) is 13.1 Å². The highest BCUT2D eigenvalue weighted by Crippen LogP contribution is 2.49. The molecule has 6 aliphatic rings. The number of hydrogen-bond donors (Lipinski definition) is 2. The molecular weight excluding hydrogens is 762 g/mol. The van der Waals surface area contributed by atoms with Crippen molar-refractivity contribution in [1.29, 1.82) is 0 Å². The molecule has 2 bridgehead atoms. The molecule has 0 radical (unpaired) electrons. The Labute approximate surface area is 344 Å². The fourth-order valence-electron chi connectivity index (χ4n) is 11.1. The van der Waals surface area contributed by atoms with Gasteiger partial charge in [-0.1, -0.05) is 31.0 Å². The smallest absolute Gasteiger partial charge is 0.264 e. The number of carbonyl (C=O) groups is 2. The maximum absolute atomic E-state index is 13.7. The van der Waals surface area contributed by atoms with E-state index in [1.807, 2.05) is 25.1 Å². The number of Topliss-reactive ketones (excluding diaryl/α,β-unsaturated/α-hetero) is 1. The van der Waals surface area contributed by atoms with Gasteiger partial charge in [0.25, 0.3) is 5.91 Å². The molecule has 3 fully saturated rings. The summed E-state index contributed by atoms with van der Waals surface area (Å²) in [6.45, 7) is 14.2. The predicted octanol–water partition coefficient (Wildman–Crippen LogP) is 5.12. The molecule has 13 heteroatoms.